The highest BCUT2D eigenvalue weighted by Crippen LogP contribution is 2.53. The van der Waals surface area contributed by atoms with Gasteiger partial charge in [-0.3, -0.25) is 0 Å². The fourth-order valence-electron chi connectivity index (χ4n) is 5.77. The van der Waals surface area contributed by atoms with E-state index < -0.39 is 0 Å². The molecular formula is C37H32Cl3F. The monoisotopic (exact) mass is 600 g/mol. The summed E-state index contributed by atoms with van der Waals surface area (Å²) in [6.45, 7) is 13.9. The molecule has 0 fully saturated rings. The predicted molar refractivity (Wildman–Crippen MR) is 176 cm³/mol. The smallest absolute Gasteiger partial charge is 0.129 e. The molecule has 0 heterocycles. The van der Waals surface area contributed by atoms with Gasteiger partial charge in [0.25, 0.3) is 0 Å². The van der Waals surface area contributed by atoms with Gasteiger partial charge in [-0.25, -0.2) is 4.39 Å². The fraction of sp³-hybridized carbons (Fsp3) is 0.189. The SMILES string of the molecule is Cc1ccc(-c2c(-c3cc(C)c(F)c(C)c3)c(C)c(-c3cccc(C)c3Cl)c(Cl)c2-c2cccc(Cl)c2C)cc1C. The molecule has 0 N–H and O–H groups in total. The average Bonchev–Trinajstić information content (AvgIpc) is 2.92. The summed E-state index contributed by atoms with van der Waals surface area (Å²) in [5, 5.41) is 1.92. The molecular weight excluding hydrogens is 570 g/mol. The Kier molecular flexibility index (Phi) is 8.09. The Morgan fingerprint density at radius 3 is 1.73 bits per heavy atom. The second-order valence-corrected chi connectivity index (χ2v) is 12.2. The van der Waals surface area contributed by atoms with E-state index in [0.717, 1.165) is 61.2 Å². The molecule has 41 heavy (non-hydrogen) atoms. The highest BCUT2D eigenvalue weighted by atomic mass is 35.5. The van der Waals surface area contributed by atoms with Gasteiger partial charge in [0, 0.05) is 21.7 Å². The summed E-state index contributed by atoms with van der Waals surface area (Å²) in [6.07, 6.45) is 0. The highest BCUT2D eigenvalue weighted by molar-refractivity contribution is 6.40. The second-order valence-electron chi connectivity index (χ2n) is 11.0. The minimum atomic E-state index is -0.194. The molecule has 0 aromatic heterocycles. The van der Waals surface area contributed by atoms with Crippen molar-refractivity contribution in [2.45, 2.75) is 48.5 Å². The Bertz CT molecular complexity index is 1830. The summed E-state index contributed by atoms with van der Waals surface area (Å²) in [5.74, 6) is -0.194. The molecule has 208 valence electrons. The standard InChI is InChI=1S/C37H32Cl3F/c1-19-14-15-26(16-21(19)3)33-31(27-17-22(4)37(41)23(5)18-27)25(7)32(29-12-8-10-20(2)35(29)39)36(40)34(33)28-11-9-13-30(38)24(28)6/h8-18H,1-7H3. The average molecular weight is 602 g/mol. The zero-order valence-corrected chi connectivity index (χ0v) is 26.6. The molecule has 0 bridgehead atoms. The quantitative estimate of drug-likeness (QED) is 0.192. The molecule has 0 saturated carbocycles. The van der Waals surface area contributed by atoms with Crippen LogP contribution in [0.2, 0.25) is 15.1 Å². The number of aryl methyl sites for hydroxylation is 5. The third kappa shape index (κ3) is 5.10. The summed E-state index contributed by atoms with van der Waals surface area (Å²) in [4.78, 5) is 0. The van der Waals surface area contributed by atoms with Gasteiger partial charge >= 0.3 is 0 Å². The first kappa shape index (κ1) is 29.4. The molecule has 4 heteroatoms. The van der Waals surface area contributed by atoms with E-state index in [4.69, 9.17) is 34.8 Å². The lowest BCUT2D eigenvalue weighted by atomic mass is 9.79. The molecule has 0 aliphatic rings. The lowest BCUT2D eigenvalue weighted by Crippen LogP contribution is -2.02. The van der Waals surface area contributed by atoms with Gasteiger partial charge < -0.3 is 0 Å². The molecule has 0 radical (unpaired) electrons. The maximum Gasteiger partial charge on any atom is 0.129 e. The van der Waals surface area contributed by atoms with Crippen LogP contribution >= 0.6 is 34.8 Å². The molecule has 0 unspecified atom stereocenters. The van der Waals surface area contributed by atoms with Crippen molar-refractivity contribution in [2.24, 2.45) is 0 Å². The van der Waals surface area contributed by atoms with Crippen molar-refractivity contribution in [3.05, 3.63) is 127 Å². The molecule has 0 nitrogen and oxygen atoms in total. The first-order chi connectivity index (χ1) is 19.4. The molecule has 5 aromatic carbocycles. The van der Waals surface area contributed by atoms with E-state index in [-0.39, 0.29) is 5.82 Å². The minimum absolute atomic E-state index is 0.194. The maximum atomic E-state index is 14.9. The van der Waals surface area contributed by atoms with Crippen molar-refractivity contribution in [3.63, 3.8) is 0 Å². The largest absolute Gasteiger partial charge is 0.206 e. The molecule has 0 aliphatic carbocycles. The van der Waals surface area contributed by atoms with Crippen LogP contribution in [0, 0.1) is 54.3 Å². The van der Waals surface area contributed by atoms with Crippen LogP contribution in [0.15, 0.2) is 66.7 Å². The third-order valence-corrected chi connectivity index (χ3v) is 9.50. The molecule has 0 atom stereocenters. The zero-order valence-electron chi connectivity index (χ0n) is 24.4. The van der Waals surface area contributed by atoms with Crippen molar-refractivity contribution < 1.29 is 4.39 Å². The van der Waals surface area contributed by atoms with Crippen molar-refractivity contribution in [3.8, 4) is 44.5 Å². The number of hydrogen-bond donors (Lipinski definition) is 0. The minimum Gasteiger partial charge on any atom is -0.206 e. The fourth-order valence-corrected chi connectivity index (χ4v) is 6.60. The second kappa shape index (κ2) is 11.3. The topological polar surface area (TPSA) is 0 Å². The van der Waals surface area contributed by atoms with Gasteiger partial charge in [0.05, 0.1) is 10.0 Å². The number of halogens is 4. The van der Waals surface area contributed by atoms with Crippen molar-refractivity contribution in [1.29, 1.82) is 0 Å². The highest BCUT2D eigenvalue weighted by Gasteiger charge is 2.27. The Hall–Kier alpha value is -3.10. The van der Waals surface area contributed by atoms with Gasteiger partial charge in [-0.2, -0.15) is 0 Å². The van der Waals surface area contributed by atoms with Crippen molar-refractivity contribution in [2.75, 3.05) is 0 Å². The van der Waals surface area contributed by atoms with Crippen LogP contribution in [-0.4, -0.2) is 0 Å². The molecule has 0 amide bonds. The number of rotatable bonds is 4. The number of benzene rings is 5. The van der Waals surface area contributed by atoms with E-state index in [0.29, 0.717) is 26.2 Å². The van der Waals surface area contributed by atoms with Crippen LogP contribution in [-0.2, 0) is 0 Å². The lowest BCUT2D eigenvalue weighted by Gasteiger charge is -2.26. The van der Waals surface area contributed by atoms with E-state index in [1.165, 1.54) is 11.1 Å². The zero-order chi connectivity index (χ0) is 29.7. The number of hydrogen-bond acceptors (Lipinski definition) is 0. The molecule has 0 saturated heterocycles. The van der Waals surface area contributed by atoms with E-state index >= 15 is 0 Å². The molecule has 0 aliphatic heterocycles. The first-order valence-corrected chi connectivity index (χ1v) is 14.8. The van der Waals surface area contributed by atoms with Crippen LogP contribution in [0.1, 0.15) is 38.9 Å². The Morgan fingerprint density at radius 2 is 1.07 bits per heavy atom. The molecule has 5 rings (SSSR count). The van der Waals surface area contributed by atoms with E-state index in [2.05, 4.69) is 45.0 Å². The Balaban J connectivity index is 2.08. The van der Waals surface area contributed by atoms with E-state index in [9.17, 15) is 4.39 Å². The van der Waals surface area contributed by atoms with Crippen LogP contribution in [0.4, 0.5) is 4.39 Å². The van der Waals surface area contributed by atoms with E-state index in [1.54, 1.807) is 0 Å². The Labute approximate surface area is 257 Å². The summed E-state index contributed by atoms with van der Waals surface area (Å²) in [7, 11) is 0. The van der Waals surface area contributed by atoms with Gasteiger partial charge in [-0.05, 0) is 133 Å². The predicted octanol–water partition coefficient (Wildman–Crippen LogP) is 12.6. The lowest BCUT2D eigenvalue weighted by molar-refractivity contribution is 0.609. The Morgan fingerprint density at radius 1 is 0.463 bits per heavy atom. The van der Waals surface area contributed by atoms with Crippen molar-refractivity contribution >= 4 is 34.8 Å². The summed E-state index contributed by atoms with van der Waals surface area (Å²) >= 11 is 21.2. The van der Waals surface area contributed by atoms with Crippen LogP contribution in [0.25, 0.3) is 44.5 Å². The van der Waals surface area contributed by atoms with Crippen LogP contribution in [0.5, 0.6) is 0 Å². The molecule has 5 aromatic rings. The van der Waals surface area contributed by atoms with E-state index in [1.807, 2.05) is 70.2 Å². The first-order valence-electron chi connectivity index (χ1n) is 13.6. The van der Waals surface area contributed by atoms with Crippen molar-refractivity contribution in [1.82, 2.24) is 0 Å². The molecule has 0 spiro atoms. The van der Waals surface area contributed by atoms with Crippen LogP contribution < -0.4 is 0 Å². The van der Waals surface area contributed by atoms with Gasteiger partial charge in [0.1, 0.15) is 5.82 Å². The van der Waals surface area contributed by atoms with Gasteiger partial charge in [-0.15, -0.1) is 0 Å². The third-order valence-electron chi connectivity index (χ3n) is 8.21. The summed E-state index contributed by atoms with van der Waals surface area (Å²) in [6, 6.07) is 22.3. The summed E-state index contributed by atoms with van der Waals surface area (Å²) < 4.78 is 14.9. The van der Waals surface area contributed by atoms with Gasteiger partial charge in [0.15, 0.2) is 0 Å². The normalized spacial score (nSPS) is 11.3. The van der Waals surface area contributed by atoms with Crippen LogP contribution in [0.3, 0.4) is 0 Å². The maximum absolute atomic E-state index is 14.9. The summed E-state index contributed by atoms with van der Waals surface area (Å²) in [5.41, 5.74) is 13.9. The van der Waals surface area contributed by atoms with Gasteiger partial charge in [0.2, 0.25) is 0 Å². The van der Waals surface area contributed by atoms with Gasteiger partial charge in [-0.1, -0.05) is 83.3 Å².